The van der Waals surface area contributed by atoms with E-state index in [9.17, 15) is 14.4 Å². The van der Waals surface area contributed by atoms with Gasteiger partial charge in [0.15, 0.2) is 0 Å². The first-order valence-electron chi connectivity index (χ1n) is 10.2. The average Bonchev–Trinajstić information content (AvgIpc) is 3.46. The highest BCUT2D eigenvalue weighted by Gasteiger charge is 2.35. The summed E-state index contributed by atoms with van der Waals surface area (Å²) in [6, 6.07) is 8.21. The first kappa shape index (κ1) is 21.1. The summed E-state index contributed by atoms with van der Waals surface area (Å²) in [6.45, 7) is 8.04. The Labute approximate surface area is 172 Å². The maximum absolute atomic E-state index is 12.6. The van der Waals surface area contributed by atoms with Gasteiger partial charge in [-0.15, -0.1) is 0 Å². The molecule has 3 rings (SSSR count). The smallest absolute Gasteiger partial charge is 0.410 e. The number of benzene rings is 1. The molecule has 29 heavy (non-hydrogen) atoms. The van der Waals surface area contributed by atoms with Crippen molar-refractivity contribution in [1.82, 2.24) is 15.1 Å². The molecule has 1 atom stereocenters. The number of rotatable bonds is 5. The van der Waals surface area contributed by atoms with Crippen molar-refractivity contribution in [3.05, 3.63) is 35.4 Å². The normalized spacial score (nSPS) is 18.4. The van der Waals surface area contributed by atoms with E-state index in [1.807, 2.05) is 6.92 Å². The Morgan fingerprint density at radius 2 is 1.83 bits per heavy atom. The molecule has 7 heteroatoms. The number of aryl methyl sites for hydroxylation is 1. The second-order valence-corrected chi connectivity index (χ2v) is 9.01. The van der Waals surface area contributed by atoms with Crippen LogP contribution in [0.5, 0.6) is 0 Å². The van der Waals surface area contributed by atoms with E-state index >= 15 is 0 Å². The van der Waals surface area contributed by atoms with Crippen LogP contribution in [0.25, 0.3) is 0 Å². The van der Waals surface area contributed by atoms with Crippen LogP contribution in [0.2, 0.25) is 0 Å². The third-order valence-electron chi connectivity index (χ3n) is 5.15. The van der Waals surface area contributed by atoms with Gasteiger partial charge in [0, 0.05) is 13.1 Å². The zero-order valence-corrected chi connectivity index (χ0v) is 17.7. The predicted molar refractivity (Wildman–Crippen MR) is 109 cm³/mol. The average molecular weight is 402 g/mol. The van der Waals surface area contributed by atoms with Gasteiger partial charge in [-0.1, -0.05) is 29.8 Å². The van der Waals surface area contributed by atoms with Crippen LogP contribution in [-0.4, -0.2) is 59.5 Å². The van der Waals surface area contributed by atoms with Crippen LogP contribution < -0.4 is 5.32 Å². The molecule has 158 valence electrons. The van der Waals surface area contributed by atoms with E-state index in [-0.39, 0.29) is 30.9 Å². The van der Waals surface area contributed by atoms with E-state index < -0.39 is 11.7 Å². The third-order valence-corrected chi connectivity index (χ3v) is 5.15. The summed E-state index contributed by atoms with van der Waals surface area (Å²) in [5.74, 6) is 0.0542. The highest BCUT2D eigenvalue weighted by molar-refractivity contribution is 5.88. The number of nitrogens with zero attached hydrogens (tertiary/aromatic N) is 2. The molecule has 1 saturated heterocycles. The van der Waals surface area contributed by atoms with E-state index in [0.717, 1.165) is 18.4 Å². The summed E-state index contributed by atoms with van der Waals surface area (Å²) in [7, 11) is 0. The summed E-state index contributed by atoms with van der Waals surface area (Å²) in [5, 5.41) is 3.11. The summed E-state index contributed by atoms with van der Waals surface area (Å²) < 4.78 is 5.32. The molecule has 1 aromatic rings. The van der Waals surface area contributed by atoms with Crippen LogP contribution in [0.3, 0.4) is 0 Å². The molecule has 0 aromatic heterocycles. The largest absolute Gasteiger partial charge is 0.444 e. The number of hydrogen-bond donors (Lipinski definition) is 1. The number of carbonyl (C=O) groups excluding carboxylic acids is 3. The standard InChI is InChI=1S/C22H31N3O4/c1-15-5-7-16(8-6-15)20(17-9-10-17)23-18(26)13-24-11-12-25(14-19(24)27)21(28)29-22(2,3)4/h5-8,17,20H,9-14H2,1-4H3,(H,23,26)/t20-/m0/s1. The van der Waals surface area contributed by atoms with Crippen LogP contribution in [0.1, 0.15) is 50.8 Å². The Morgan fingerprint density at radius 1 is 1.17 bits per heavy atom. The van der Waals surface area contributed by atoms with Crippen molar-refractivity contribution in [2.75, 3.05) is 26.2 Å². The fourth-order valence-corrected chi connectivity index (χ4v) is 3.43. The molecule has 3 amide bonds. The first-order chi connectivity index (χ1) is 13.6. The second-order valence-electron chi connectivity index (χ2n) is 9.01. The molecule has 0 spiro atoms. The fraction of sp³-hybridized carbons (Fsp3) is 0.591. The van der Waals surface area contributed by atoms with E-state index in [1.54, 1.807) is 20.8 Å². The van der Waals surface area contributed by atoms with E-state index in [0.29, 0.717) is 19.0 Å². The van der Waals surface area contributed by atoms with Crippen molar-refractivity contribution in [2.45, 2.75) is 52.2 Å². The van der Waals surface area contributed by atoms with E-state index in [1.165, 1.54) is 15.4 Å². The van der Waals surface area contributed by atoms with Gasteiger partial charge >= 0.3 is 6.09 Å². The summed E-state index contributed by atoms with van der Waals surface area (Å²) >= 11 is 0. The summed E-state index contributed by atoms with van der Waals surface area (Å²) in [6.07, 6.45) is 1.71. The Hall–Kier alpha value is -2.57. The minimum atomic E-state index is -0.606. The van der Waals surface area contributed by atoms with Crippen molar-refractivity contribution in [1.29, 1.82) is 0 Å². The zero-order chi connectivity index (χ0) is 21.2. The molecule has 1 aliphatic carbocycles. The Bertz CT molecular complexity index is 765. The lowest BCUT2D eigenvalue weighted by Crippen LogP contribution is -2.55. The lowest BCUT2D eigenvalue weighted by Gasteiger charge is -2.35. The highest BCUT2D eigenvalue weighted by Crippen LogP contribution is 2.41. The molecule has 0 unspecified atom stereocenters. The van der Waals surface area contributed by atoms with Crippen molar-refractivity contribution in [2.24, 2.45) is 5.92 Å². The van der Waals surface area contributed by atoms with Gasteiger partial charge in [-0.2, -0.15) is 0 Å². The van der Waals surface area contributed by atoms with Crippen LogP contribution in [0, 0.1) is 12.8 Å². The van der Waals surface area contributed by atoms with Crippen LogP contribution in [-0.2, 0) is 14.3 Å². The molecule has 1 aliphatic heterocycles. The minimum absolute atomic E-state index is 0.00999. The second kappa shape index (κ2) is 8.43. The molecular weight excluding hydrogens is 370 g/mol. The van der Waals surface area contributed by atoms with Crippen molar-refractivity contribution in [3.8, 4) is 0 Å². The first-order valence-corrected chi connectivity index (χ1v) is 10.2. The monoisotopic (exact) mass is 401 g/mol. The molecule has 2 aliphatic rings. The van der Waals surface area contributed by atoms with Crippen LogP contribution >= 0.6 is 0 Å². The molecule has 2 fully saturated rings. The van der Waals surface area contributed by atoms with Gasteiger partial charge in [-0.25, -0.2) is 4.79 Å². The van der Waals surface area contributed by atoms with Crippen LogP contribution in [0.4, 0.5) is 4.79 Å². The molecular formula is C22H31N3O4. The maximum atomic E-state index is 12.6. The number of carbonyl (C=O) groups is 3. The van der Waals surface area contributed by atoms with Gasteiger partial charge in [0.1, 0.15) is 12.1 Å². The zero-order valence-electron chi connectivity index (χ0n) is 17.7. The molecule has 1 aromatic carbocycles. The van der Waals surface area contributed by atoms with Gasteiger partial charge in [0.05, 0.1) is 12.6 Å². The Balaban J connectivity index is 1.53. The number of hydrogen-bond acceptors (Lipinski definition) is 4. The van der Waals surface area contributed by atoms with E-state index in [4.69, 9.17) is 4.74 Å². The molecule has 1 heterocycles. The Morgan fingerprint density at radius 3 is 2.38 bits per heavy atom. The fourth-order valence-electron chi connectivity index (χ4n) is 3.43. The van der Waals surface area contributed by atoms with Crippen LogP contribution in [0.15, 0.2) is 24.3 Å². The van der Waals surface area contributed by atoms with Gasteiger partial charge in [-0.05, 0) is 52.0 Å². The molecule has 7 nitrogen and oxygen atoms in total. The van der Waals surface area contributed by atoms with Crippen molar-refractivity contribution < 1.29 is 19.1 Å². The van der Waals surface area contributed by atoms with E-state index in [2.05, 4.69) is 29.6 Å². The number of nitrogens with one attached hydrogen (secondary N) is 1. The topological polar surface area (TPSA) is 79.0 Å². The van der Waals surface area contributed by atoms with Gasteiger partial charge < -0.3 is 15.0 Å². The molecule has 1 N–H and O–H groups in total. The lowest BCUT2D eigenvalue weighted by atomic mass is 10.0. The summed E-state index contributed by atoms with van der Waals surface area (Å²) in [4.78, 5) is 40.1. The minimum Gasteiger partial charge on any atom is -0.444 e. The quantitative estimate of drug-likeness (QED) is 0.823. The Kier molecular flexibility index (Phi) is 6.15. The van der Waals surface area contributed by atoms with Crippen molar-refractivity contribution >= 4 is 17.9 Å². The summed E-state index contributed by atoms with van der Waals surface area (Å²) in [5.41, 5.74) is 1.68. The van der Waals surface area contributed by atoms with Gasteiger partial charge in [0.2, 0.25) is 11.8 Å². The predicted octanol–water partition coefficient (Wildman–Crippen LogP) is 2.64. The molecule has 1 saturated carbocycles. The third kappa shape index (κ3) is 5.95. The number of amides is 3. The number of ether oxygens (including phenoxy) is 1. The maximum Gasteiger partial charge on any atom is 0.410 e. The van der Waals surface area contributed by atoms with Crippen molar-refractivity contribution in [3.63, 3.8) is 0 Å². The SMILES string of the molecule is Cc1ccc([C@H](NC(=O)CN2CCN(C(=O)OC(C)(C)C)CC2=O)C2CC2)cc1. The lowest BCUT2D eigenvalue weighted by molar-refractivity contribution is -0.140. The van der Waals surface area contributed by atoms with Gasteiger partial charge in [-0.3, -0.25) is 14.5 Å². The number of piperazine rings is 1. The molecule has 0 radical (unpaired) electrons. The highest BCUT2D eigenvalue weighted by atomic mass is 16.6. The van der Waals surface area contributed by atoms with Gasteiger partial charge in [0.25, 0.3) is 0 Å². The molecule has 0 bridgehead atoms.